The summed E-state index contributed by atoms with van der Waals surface area (Å²) in [5, 5.41) is 8.70. The Morgan fingerprint density at radius 3 is 1.81 bits per heavy atom. The van der Waals surface area contributed by atoms with Gasteiger partial charge in [0.05, 0.1) is 6.61 Å². The van der Waals surface area contributed by atoms with Gasteiger partial charge in [0, 0.05) is 0 Å². The highest BCUT2D eigenvalue weighted by Crippen LogP contribution is 2.25. The summed E-state index contributed by atoms with van der Waals surface area (Å²) in [6.45, 7) is 1.75. The molecule has 0 spiro atoms. The fraction of sp³-hybridized carbons (Fsp3) is 0.857. The molecule has 0 aromatic rings. The van der Waals surface area contributed by atoms with E-state index in [1.54, 1.807) is 6.08 Å². The van der Waals surface area contributed by atoms with Gasteiger partial charge in [-0.1, -0.05) is 90.4 Å². The average Bonchev–Trinajstić information content (AvgIpc) is 2.66. The molecule has 0 aliphatic carbocycles. The van der Waals surface area contributed by atoms with Crippen molar-refractivity contribution in [1.82, 2.24) is 0 Å². The molecule has 0 amide bonds. The van der Waals surface area contributed by atoms with Gasteiger partial charge in [-0.25, -0.2) is 9.32 Å². The molecule has 1 unspecified atom stereocenters. The van der Waals surface area contributed by atoms with E-state index in [1.807, 2.05) is 0 Å². The van der Waals surface area contributed by atoms with Crippen molar-refractivity contribution >= 4 is 14.0 Å². The first-order chi connectivity index (χ1) is 13.1. The van der Waals surface area contributed by atoms with Crippen LogP contribution in [-0.4, -0.2) is 23.7 Å². The maximum absolute atomic E-state index is 11.5. The van der Waals surface area contributed by atoms with Crippen LogP contribution in [0.3, 0.4) is 0 Å². The molecule has 0 bridgehead atoms. The normalized spacial score (nSPS) is 13.1. The predicted octanol–water partition coefficient (Wildman–Crippen LogP) is 5.98. The minimum absolute atomic E-state index is 0.509. The van der Waals surface area contributed by atoms with Crippen LogP contribution < -0.4 is 5.73 Å². The van der Waals surface area contributed by atoms with Gasteiger partial charge in [0.2, 0.25) is 0 Å². The van der Waals surface area contributed by atoms with Crippen molar-refractivity contribution < 1.29 is 19.0 Å². The van der Waals surface area contributed by atoms with Crippen molar-refractivity contribution in [1.29, 1.82) is 0 Å². The molecule has 0 rings (SSSR count). The van der Waals surface area contributed by atoms with Gasteiger partial charge in [-0.3, -0.25) is 0 Å². The van der Waals surface area contributed by atoms with E-state index in [9.17, 15) is 9.36 Å². The van der Waals surface area contributed by atoms with Crippen molar-refractivity contribution in [2.24, 2.45) is 5.73 Å². The Hall–Kier alpha value is -0.770. The topological polar surface area (TPSA) is 89.6 Å². The van der Waals surface area contributed by atoms with Crippen molar-refractivity contribution in [3.63, 3.8) is 0 Å². The molecular formula is C21H41NO4P+. The summed E-state index contributed by atoms with van der Waals surface area (Å²) < 4.78 is 16.1. The third kappa shape index (κ3) is 18.4. The lowest BCUT2D eigenvalue weighted by atomic mass is 10.0. The number of allylic oxidation sites excluding steroid dienone is 1. The van der Waals surface area contributed by atoms with Crippen LogP contribution in [0.5, 0.6) is 0 Å². The second-order valence-corrected chi connectivity index (χ2v) is 8.31. The number of aliphatic hydroxyl groups excluding tert-OH is 1. The second-order valence-electron chi connectivity index (χ2n) is 7.25. The first-order valence-electron chi connectivity index (χ1n) is 10.8. The van der Waals surface area contributed by atoms with E-state index < -0.39 is 26.6 Å². The Kier molecular flexibility index (Phi) is 19.4. The van der Waals surface area contributed by atoms with Crippen molar-refractivity contribution in [3.05, 3.63) is 11.9 Å². The highest BCUT2D eigenvalue weighted by atomic mass is 31.1. The van der Waals surface area contributed by atoms with E-state index in [0.29, 0.717) is 0 Å². The number of rotatable bonds is 19. The molecule has 0 aromatic carbocycles. The molecule has 0 aliphatic heterocycles. The lowest BCUT2D eigenvalue weighted by Crippen LogP contribution is -2.34. The minimum atomic E-state index is -2.17. The largest absolute Gasteiger partial charge is 0.591 e. The van der Waals surface area contributed by atoms with Crippen molar-refractivity contribution in [3.8, 4) is 0 Å². The van der Waals surface area contributed by atoms with Crippen LogP contribution in [0, 0.1) is 0 Å². The van der Waals surface area contributed by atoms with Crippen LogP contribution in [0.15, 0.2) is 11.9 Å². The monoisotopic (exact) mass is 402 g/mol. The van der Waals surface area contributed by atoms with Gasteiger partial charge in [-0.2, -0.15) is 0 Å². The summed E-state index contributed by atoms with van der Waals surface area (Å²) in [5.74, 6) is 0.569. The quantitative estimate of drug-likeness (QED) is 0.205. The number of nitrogens with two attached hydrogens (primary N) is 1. The van der Waals surface area contributed by atoms with E-state index >= 15 is 0 Å². The van der Waals surface area contributed by atoms with Crippen LogP contribution in [0.25, 0.3) is 0 Å². The van der Waals surface area contributed by atoms with E-state index in [4.69, 9.17) is 10.8 Å². The van der Waals surface area contributed by atoms with Crippen molar-refractivity contribution in [2.45, 2.75) is 109 Å². The minimum Gasteiger partial charge on any atom is -0.394 e. The Morgan fingerprint density at radius 1 is 0.926 bits per heavy atom. The summed E-state index contributed by atoms with van der Waals surface area (Å²) in [4.78, 5) is 11.2. The zero-order valence-electron chi connectivity index (χ0n) is 17.2. The summed E-state index contributed by atoms with van der Waals surface area (Å²) in [6.07, 6.45) is 21.2. The van der Waals surface area contributed by atoms with Crippen LogP contribution >= 0.6 is 8.03 Å². The Labute approximate surface area is 167 Å². The maximum Gasteiger partial charge on any atom is 0.591 e. The first kappa shape index (κ1) is 26.2. The maximum atomic E-state index is 11.5. The molecule has 0 heterocycles. The van der Waals surface area contributed by atoms with Crippen LogP contribution in [0.2, 0.25) is 0 Å². The number of unbranched alkanes of at least 4 members (excludes halogenated alkanes) is 14. The molecule has 0 aromatic heterocycles. The van der Waals surface area contributed by atoms with E-state index in [1.165, 1.54) is 89.3 Å². The van der Waals surface area contributed by atoms with Gasteiger partial charge < -0.3 is 10.8 Å². The van der Waals surface area contributed by atoms with Gasteiger partial charge in [0.1, 0.15) is 6.04 Å². The third-order valence-electron chi connectivity index (χ3n) is 4.63. The molecule has 0 aliphatic rings. The molecule has 0 saturated carbocycles. The SMILES string of the molecule is CCCCCCCCCCCCCCCCC=C[P+](=O)OC(=O)[C@@H](N)CO. The smallest absolute Gasteiger partial charge is 0.394 e. The van der Waals surface area contributed by atoms with Gasteiger partial charge in [-0.15, -0.1) is 0 Å². The standard InChI is InChI=1S/C21H41NO4P/c1-2-3-4-5-6-7-8-9-10-11-12-13-14-15-16-17-18-27(25)26-21(24)20(22)19-23/h17-18,20,23H,2-16,19,22H2,1H3/q+1/t20-/m0/s1. The molecule has 6 heteroatoms. The van der Waals surface area contributed by atoms with Crippen LogP contribution in [0.1, 0.15) is 103 Å². The number of carbonyl (C=O) groups is 1. The zero-order valence-corrected chi connectivity index (χ0v) is 18.1. The Morgan fingerprint density at radius 2 is 1.37 bits per heavy atom. The summed E-state index contributed by atoms with van der Waals surface area (Å²) in [5.41, 5.74) is 5.28. The molecule has 5 nitrogen and oxygen atoms in total. The second kappa shape index (κ2) is 20.0. The zero-order chi connectivity index (χ0) is 20.2. The molecule has 0 radical (unpaired) electrons. The predicted molar refractivity (Wildman–Crippen MR) is 113 cm³/mol. The fourth-order valence-electron chi connectivity index (χ4n) is 2.88. The van der Waals surface area contributed by atoms with Crippen molar-refractivity contribution in [2.75, 3.05) is 6.61 Å². The molecule has 0 fully saturated rings. The fourth-order valence-corrected chi connectivity index (χ4v) is 3.57. The highest BCUT2D eigenvalue weighted by molar-refractivity contribution is 7.43. The van der Waals surface area contributed by atoms with Gasteiger partial charge in [0.25, 0.3) is 0 Å². The number of hydrogen-bond donors (Lipinski definition) is 2. The third-order valence-corrected chi connectivity index (χ3v) is 5.45. The number of aliphatic hydroxyl groups is 1. The van der Waals surface area contributed by atoms with Crippen LogP contribution in [0.4, 0.5) is 0 Å². The first-order valence-corrected chi connectivity index (χ1v) is 12.1. The van der Waals surface area contributed by atoms with E-state index in [-0.39, 0.29) is 0 Å². The number of hydrogen-bond acceptors (Lipinski definition) is 5. The number of carbonyl (C=O) groups excluding carboxylic acids is 1. The Balaban J connectivity index is 3.33. The highest BCUT2D eigenvalue weighted by Gasteiger charge is 2.24. The molecule has 3 N–H and O–H groups in total. The Bertz CT molecular complexity index is 402. The van der Waals surface area contributed by atoms with E-state index in [2.05, 4.69) is 11.4 Å². The van der Waals surface area contributed by atoms with Gasteiger partial charge in [0.15, 0.2) is 5.82 Å². The average molecular weight is 403 g/mol. The molecule has 158 valence electrons. The lowest BCUT2D eigenvalue weighted by molar-refractivity contribution is -0.136. The summed E-state index contributed by atoms with van der Waals surface area (Å²) in [7, 11) is -2.17. The van der Waals surface area contributed by atoms with Crippen LogP contribution in [-0.2, 0) is 13.9 Å². The lowest BCUT2D eigenvalue weighted by Gasteiger charge is -2.02. The molecule has 0 saturated heterocycles. The summed E-state index contributed by atoms with van der Waals surface area (Å²) >= 11 is 0. The van der Waals surface area contributed by atoms with Gasteiger partial charge in [-0.05, 0) is 23.5 Å². The summed E-state index contributed by atoms with van der Waals surface area (Å²) in [6, 6.07) is -1.12. The molecule has 27 heavy (non-hydrogen) atoms. The van der Waals surface area contributed by atoms with E-state index in [0.717, 1.165) is 12.8 Å². The van der Waals surface area contributed by atoms with Gasteiger partial charge >= 0.3 is 14.0 Å². The molecule has 2 atom stereocenters. The molecular weight excluding hydrogens is 361 g/mol.